The lowest BCUT2D eigenvalue weighted by molar-refractivity contribution is -0.159. The highest BCUT2D eigenvalue weighted by Gasteiger charge is 2.37. The van der Waals surface area contributed by atoms with Crippen LogP contribution >= 0.6 is 7.82 Å². The van der Waals surface area contributed by atoms with Gasteiger partial charge in [0, 0.05) is 0 Å². The van der Waals surface area contributed by atoms with Crippen LogP contribution in [0, 0.1) is 0 Å². The highest BCUT2D eigenvalue weighted by Crippen LogP contribution is 2.43. The van der Waals surface area contributed by atoms with Crippen LogP contribution in [0.5, 0.6) is 5.75 Å². The summed E-state index contributed by atoms with van der Waals surface area (Å²) in [4.78, 5) is 42.4. The zero-order chi connectivity index (χ0) is 27.7. The average Bonchev–Trinajstić information content (AvgIpc) is 2.76. The average molecular weight is 557 g/mol. The molecule has 0 amide bonds. The number of hydrogen-bond donors (Lipinski definition) is 3. The number of carboxylic acids is 1. The molecule has 0 saturated carbocycles. The number of halogens is 6. The molecular weight excluding hydrogens is 539 g/mol. The highest BCUT2D eigenvalue weighted by molar-refractivity contribution is 7.47. The smallest absolute Gasteiger partial charge is 0.472 e. The number of rotatable bonds is 14. The first-order chi connectivity index (χ1) is 16.4. The summed E-state index contributed by atoms with van der Waals surface area (Å²) in [5, 5.41) is 8.59. The monoisotopic (exact) mass is 557 g/mol. The maximum Gasteiger partial charge on any atom is 0.472 e. The SMILES string of the molecule is NC(COP(=O)(O)OCC(COC=O)OC(=O)COc1cc(C(F)(F)F)cc(C(F)(F)F)c1)C(=O)O. The second-order valence-corrected chi connectivity index (χ2v) is 8.03. The number of phosphoric acid groups is 1. The molecule has 1 aromatic carbocycles. The Morgan fingerprint density at radius 2 is 1.53 bits per heavy atom. The largest absolute Gasteiger partial charge is 0.482 e. The lowest BCUT2D eigenvalue weighted by Crippen LogP contribution is -2.35. The third kappa shape index (κ3) is 11.2. The van der Waals surface area contributed by atoms with Crippen LogP contribution in [0.4, 0.5) is 26.3 Å². The van der Waals surface area contributed by atoms with Crippen molar-refractivity contribution >= 4 is 26.2 Å². The summed E-state index contributed by atoms with van der Waals surface area (Å²) in [6, 6.07) is -1.43. The number of aliphatic carboxylic acids is 1. The van der Waals surface area contributed by atoms with Crippen LogP contribution in [0.1, 0.15) is 11.1 Å². The maximum absolute atomic E-state index is 12.9. The van der Waals surface area contributed by atoms with Crippen LogP contribution in [0.15, 0.2) is 18.2 Å². The van der Waals surface area contributed by atoms with Crippen LogP contribution in [0.25, 0.3) is 0 Å². The van der Waals surface area contributed by atoms with Crippen molar-refractivity contribution in [1.82, 2.24) is 0 Å². The van der Waals surface area contributed by atoms with E-state index in [0.29, 0.717) is 0 Å². The van der Waals surface area contributed by atoms with E-state index in [1.165, 1.54) is 0 Å². The van der Waals surface area contributed by atoms with E-state index in [9.17, 15) is 50.2 Å². The summed E-state index contributed by atoms with van der Waals surface area (Å²) in [5.41, 5.74) is 1.68. The molecule has 0 aliphatic carbocycles. The Morgan fingerprint density at radius 3 is 2.00 bits per heavy atom. The van der Waals surface area contributed by atoms with Crippen molar-refractivity contribution in [3.63, 3.8) is 0 Å². The zero-order valence-electron chi connectivity index (χ0n) is 17.7. The van der Waals surface area contributed by atoms with Crippen LogP contribution in [0.2, 0.25) is 0 Å². The van der Waals surface area contributed by atoms with Crippen molar-refractivity contribution in [2.24, 2.45) is 5.73 Å². The summed E-state index contributed by atoms with van der Waals surface area (Å²) < 4.78 is 112. The molecule has 3 atom stereocenters. The molecule has 0 heterocycles. The van der Waals surface area contributed by atoms with Gasteiger partial charge in [0.2, 0.25) is 0 Å². The first kappa shape index (κ1) is 31.1. The molecule has 0 saturated heterocycles. The van der Waals surface area contributed by atoms with E-state index in [0.717, 1.165) is 0 Å². The van der Waals surface area contributed by atoms with E-state index in [1.807, 2.05) is 0 Å². The van der Waals surface area contributed by atoms with E-state index in [2.05, 4.69) is 18.5 Å². The third-order valence-electron chi connectivity index (χ3n) is 3.72. The first-order valence-corrected chi connectivity index (χ1v) is 10.7. The number of carboxylic acid groups (broad SMARTS) is 1. The van der Waals surface area contributed by atoms with Gasteiger partial charge in [0.15, 0.2) is 12.7 Å². The fraction of sp³-hybridized carbons (Fsp3) is 0.471. The molecule has 0 fully saturated rings. The van der Waals surface area contributed by atoms with Gasteiger partial charge >= 0.3 is 32.1 Å². The molecule has 1 rings (SSSR count). The van der Waals surface area contributed by atoms with E-state index < -0.39 is 87.6 Å². The molecule has 36 heavy (non-hydrogen) atoms. The van der Waals surface area contributed by atoms with Crippen molar-refractivity contribution < 1.29 is 78.5 Å². The van der Waals surface area contributed by atoms with Crippen LogP contribution in [-0.2, 0) is 49.8 Å². The molecule has 3 unspecified atom stereocenters. The normalized spacial score (nSPS) is 15.3. The highest BCUT2D eigenvalue weighted by atomic mass is 31.2. The number of hydrogen-bond acceptors (Lipinski definition) is 10. The van der Waals surface area contributed by atoms with E-state index in [-0.39, 0.29) is 24.7 Å². The van der Waals surface area contributed by atoms with Crippen molar-refractivity contribution in [3.05, 3.63) is 29.3 Å². The standard InChI is InChI=1S/C17H18F6NO11P/c18-16(19,20)9-1-10(17(21,22)23)3-11(2-9)32-7-14(26)35-12(4-31-8-25)5-33-36(29,30)34-6-13(24)15(27)28/h1-3,8,12-13H,4-7,24H2,(H,27,28)(H,29,30). The number of benzene rings is 1. The van der Waals surface area contributed by atoms with Gasteiger partial charge in [-0.05, 0) is 18.2 Å². The predicted octanol–water partition coefficient (Wildman–Crippen LogP) is 1.73. The Bertz CT molecular complexity index is 939. The summed E-state index contributed by atoms with van der Waals surface area (Å²) in [6.45, 7) is -4.05. The molecule has 19 heteroatoms. The van der Waals surface area contributed by atoms with Gasteiger partial charge in [0.05, 0.1) is 24.3 Å². The molecule has 204 valence electrons. The topological polar surface area (TPSA) is 181 Å². The number of phosphoric ester groups is 1. The quantitative estimate of drug-likeness (QED) is 0.131. The number of ether oxygens (including phenoxy) is 3. The van der Waals surface area contributed by atoms with E-state index >= 15 is 0 Å². The molecule has 0 aliphatic rings. The molecule has 0 aromatic heterocycles. The van der Waals surface area contributed by atoms with Gasteiger partial charge in [0.25, 0.3) is 6.47 Å². The fourth-order valence-electron chi connectivity index (χ4n) is 2.10. The first-order valence-electron chi connectivity index (χ1n) is 9.22. The predicted molar refractivity (Wildman–Crippen MR) is 101 cm³/mol. The number of carbonyl (C=O) groups is 3. The zero-order valence-corrected chi connectivity index (χ0v) is 18.5. The van der Waals surface area contributed by atoms with Gasteiger partial charge in [-0.1, -0.05) is 0 Å². The lowest BCUT2D eigenvalue weighted by atomic mass is 10.1. The van der Waals surface area contributed by atoms with Crippen molar-refractivity contribution in [2.75, 3.05) is 26.4 Å². The number of carbonyl (C=O) groups excluding carboxylic acids is 2. The maximum atomic E-state index is 12.9. The molecule has 0 spiro atoms. The van der Waals surface area contributed by atoms with Crippen LogP contribution in [-0.4, -0.2) is 67.0 Å². The Labute approximate surface area is 197 Å². The van der Waals surface area contributed by atoms with Gasteiger partial charge in [-0.25, -0.2) is 9.36 Å². The second-order valence-electron chi connectivity index (χ2n) is 6.58. The summed E-state index contributed by atoms with van der Waals surface area (Å²) in [7, 11) is -4.94. The summed E-state index contributed by atoms with van der Waals surface area (Å²) in [5.74, 6) is -3.95. The van der Waals surface area contributed by atoms with Gasteiger partial charge < -0.3 is 29.9 Å². The Kier molecular flexibility index (Phi) is 11.1. The Hall–Kier alpha value is -2.92. The van der Waals surface area contributed by atoms with Crippen molar-refractivity contribution in [3.8, 4) is 5.75 Å². The third-order valence-corrected chi connectivity index (χ3v) is 4.67. The molecular formula is C17H18F6NO11P. The van der Waals surface area contributed by atoms with Gasteiger partial charge in [0.1, 0.15) is 18.4 Å². The molecule has 4 N–H and O–H groups in total. The van der Waals surface area contributed by atoms with E-state index in [4.69, 9.17) is 15.6 Å². The van der Waals surface area contributed by atoms with Gasteiger partial charge in [-0.3, -0.25) is 18.6 Å². The molecule has 0 bridgehead atoms. The minimum Gasteiger partial charge on any atom is -0.482 e. The Balaban J connectivity index is 2.82. The summed E-state index contributed by atoms with van der Waals surface area (Å²) in [6.07, 6.45) is -12.0. The van der Waals surface area contributed by atoms with Crippen LogP contribution < -0.4 is 10.5 Å². The molecule has 0 radical (unpaired) electrons. The Morgan fingerprint density at radius 1 is 1.00 bits per heavy atom. The van der Waals surface area contributed by atoms with Crippen molar-refractivity contribution in [2.45, 2.75) is 24.5 Å². The molecule has 0 aliphatic heterocycles. The second kappa shape index (κ2) is 12.9. The van der Waals surface area contributed by atoms with Gasteiger partial charge in [-0.15, -0.1) is 0 Å². The fourth-order valence-corrected chi connectivity index (χ4v) is 2.87. The minimum absolute atomic E-state index is 0.112. The molecule has 1 aromatic rings. The number of esters is 1. The minimum atomic E-state index is -5.16. The van der Waals surface area contributed by atoms with Crippen LogP contribution in [0.3, 0.4) is 0 Å². The molecule has 12 nitrogen and oxygen atoms in total. The van der Waals surface area contributed by atoms with Crippen molar-refractivity contribution in [1.29, 1.82) is 0 Å². The summed E-state index contributed by atoms with van der Waals surface area (Å²) >= 11 is 0. The van der Waals surface area contributed by atoms with Gasteiger partial charge in [-0.2, -0.15) is 26.3 Å². The number of alkyl halides is 6. The van der Waals surface area contributed by atoms with E-state index in [1.54, 1.807) is 0 Å². The number of nitrogens with two attached hydrogens (primary N) is 1. The lowest BCUT2D eigenvalue weighted by Gasteiger charge is -2.19.